The Morgan fingerprint density at radius 3 is 2.31 bits per heavy atom. The SMILES string of the molecule is C[C@@H]1C[C@H]2O[C@@]3(O[C@@H]2C(C)(C)O)[C@H](O)[C@@]2(C)[C@@H]4CC[C@H]5C(C)(C)C(=O)CC[C@@]56C[C@@]46CC[C@]2(C)[C@@H]13. The Hall–Kier alpha value is -0.490. The molecule has 196 valence electrons. The maximum absolute atomic E-state index is 12.9. The highest BCUT2D eigenvalue weighted by Gasteiger charge is 2.88. The predicted octanol–water partition coefficient (Wildman–Crippen LogP) is 4.87. The maximum atomic E-state index is 12.9. The van der Waals surface area contributed by atoms with Crippen LogP contribution in [0.2, 0.25) is 0 Å². The molecule has 0 radical (unpaired) electrons. The van der Waals surface area contributed by atoms with Crippen molar-refractivity contribution in [2.75, 3.05) is 0 Å². The Kier molecular flexibility index (Phi) is 4.19. The molecule has 0 amide bonds. The number of hydrogen-bond acceptors (Lipinski definition) is 5. The lowest BCUT2D eigenvalue weighted by atomic mass is 9.41. The van der Waals surface area contributed by atoms with Gasteiger partial charge in [0.2, 0.25) is 0 Å². The molecule has 2 bridgehead atoms. The van der Waals surface area contributed by atoms with Gasteiger partial charge in [-0.1, -0.05) is 34.6 Å². The minimum Gasteiger partial charge on any atom is -0.388 e. The van der Waals surface area contributed by atoms with Crippen LogP contribution in [0.1, 0.15) is 99.8 Å². The molecule has 7 rings (SSSR count). The van der Waals surface area contributed by atoms with Crippen LogP contribution < -0.4 is 0 Å². The van der Waals surface area contributed by atoms with E-state index in [4.69, 9.17) is 9.47 Å². The van der Waals surface area contributed by atoms with Gasteiger partial charge in [-0.25, -0.2) is 0 Å². The molecule has 0 aromatic carbocycles. The molecule has 3 spiro atoms. The molecule has 2 heterocycles. The second-order valence-electron chi connectivity index (χ2n) is 15.7. The topological polar surface area (TPSA) is 76.0 Å². The van der Waals surface area contributed by atoms with E-state index in [1.54, 1.807) is 0 Å². The minimum atomic E-state index is -1.03. The van der Waals surface area contributed by atoms with Crippen LogP contribution in [0.25, 0.3) is 0 Å². The average molecular weight is 487 g/mol. The highest BCUT2D eigenvalue weighted by molar-refractivity contribution is 5.86. The molecule has 0 aromatic heterocycles. The van der Waals surface area contributed by atoms with Crippen LogP contribution in [-0.4, -0.2) is 45.7 Å². The fourth-order valence-electron chi connectivity index (χ4n) is 12.5. The lowest BCUT2D eigenvalue weighted by Crippen LogP contribution is -2.59. The Labute approximate surface area is 210 Å². The molecule has 5 nitrogen and oxygen atoms in total. The smallest absolute Gasteiger partial charge is 0.199 e. The molecule has 0 aromatic rings. The summed E-state index contributed by atoms with van der Waals surface area (Å²) < 4.78 is 13.5. The van der Waals surface area contributed by atoms with Crippen LogP contribution in [0.15, 0.2) is 0 Å². The van der Waals surface area contributed by atoms with E-state index >= 15 is 0 Å². The van der Waals surface area contributed by atoms with Gasteiger partial charge in [0.05, 0.1) is 11.7 Å². The molecule has 35 heavy (non-hydrogen) atoms. The molecule has 12 atom stereocenters. The molecule has 5 aliphatic carbocycles. The van der Waals surface area contributed by atoms with Crippen molar-refractivity contribution in [1.29, 1.82) is 0 Å². The van der Waals surface area contributed by atoms with E-state index in [1.165, 1.54) is 12.8 Å². The first-order valence-electron chi connectivity index (χ1n) is 14.4. The third-order valence-electron chi connectivity index (χ3n) is 13.9. The second-order valence-corrected chi connectivity index (χ2v) is 15.7. The van der Waals surface area contributed by atoms with Crippen molar-refractivity contribution in [1.82, 2.24) is 0 Å². The Morgan fingerprint density at radius 1 is 0.971 bits per heavy atom. The Morgan fingerprint density at radius 2 is 1.63 bits per heavy atom. The van der Waals surface area contributed by atoms with Gasteiger partial charge in [0.1, 0.15) is 18.0 Å². The van der Waals surface area contributed by atoms with Gasteiger partial charge in [-0.05, 0) is 92.8 Å². The number of aliphatic hydroxyl groups is 2. The largest absolute Gasteiger partial charge is 0.388 e. The van der Waals surface area contributed by atoms with E-state index in [2.05, 4.69) is 34.6 Å². The van der Waals surface area contributed by atoms with Crippen molar-refractivity contribution in [2.24, 2.45) is 50.7 Å². The summed E-state index contributed by atoms with van der Waals surface area (Å²) in [6, 6.07) is 0. The monoisotopic (exact) mass is 486 g/mol. The maximum Gasteiger partial charge on any atom is 0.199 e. The summed E-state index contributed by atoms with van der Waals surface area (Å²) in [5.74, 6) is 0.809. The van der Waals surface area contributed by atoms with Gasteiger partial charge < -0.3 is 19.7 Å². The highest BCUT2D eigenvalue weighted by Crippen LogP contribution is 2.90. The summed E-state index contributed by atoms with van der Waals surface area (Å²) in [5.41, 5.74) is -1.13. The summed E-state index contributed by atoms with van der Waals surface area (Å²) in [6.45, 7) is 15.2. The van der Waals surface area contributed by atoms with Crippen molar-refractivity contribution in [3.63, 3.8) is 0 Å². The number of Topliss-reactive ketones (excluding diaryl/α,β-unsaturated/α-hetero) is 1. The van der Waals surface area contributed by atoms with Gasteiger partial charge in [-0.3, -0.25) is 4.79 Å². The van der Waals surface area contributed by atoms with Crippen LogP contribution in [0.5, 0.6) is 0 Å². The Balaban J connectivity index is 1.33. The third-order valence-corrected chi connectivity index (χ3v) is 13.9. The van der Waals surface area contributed by atoms with Crippen LogP contribution in [0, 0.1) is 50.7 Å². The Bertz CT molecular complexity index is 999. The normalized spacial score (nSPS) is 61.9. The summed E-state index contributed by atoms with van der Waals surface area (Å²) >= 11 is 0. The summed E-state index contributed by atoms with van der Waals surface area (Å²) in [5, 5.41) is 23.4. The number of fused-ring (bicyclic) bond motifs is 4. The predicted molar refractivity (Wildman–Crippen MR) is 131 cm³/mol. The first kappa shape index (κ1) is 23.6. The summed E-state index contributed by atoms with van der Waals surface area (Å²) in [7, 11) is 0. The molecule has 7 aliphatic rings. The number of rotatable bonds is 1. The number of ketones is 1. The zero-order valence-electron chi connectivity index (χ0n) is 22.8. The van der Waals surface area contributed by atoms with Crippen molar-refractivity contribution in [2.45, 2.75) is 130 Å². The standard InChI is InChI=1S/C30H46O5/c1-16-14-17-22(25(4,5)33)35-30(34-17)21(16)26(6)12-13-29-15-28(29)11-10-20(31)24(2,3)18(28)8-9-19(29)27(26,7)23(30)32/h16-19,21-23,32-33H,8-15H2,1-7H3/t16-,17-,18+,19+,21-,22+,23-,26-,27-,28-,29+,30+/m1/s1. The van der Waals surface area contributed by atoms with E-state index < -0.39 is 23.6 Å². The molecular weight excluding hydrogens is 440 g/mol. The molecule has 2 aliphatic heterocycles. The van der Waals surface area contributed by atoms with Crippen molar-refractivity contribution in [3.8, 4) is 0 Å². The van der Waals surface area contributed by atoms with Crippen LogP contribution in [-0.2, 0) is 14.3 Å². The fourth-order valence-corrected chi connectivity index (χ4v) is 12.5. The van der Waals surface area contributed by atoms with Gasteiger partial charge >= 0.3 is 0 Å². The lowest BCUT2D eigenvalue weighted by Gasteiger charge is -2.62. The first-order valence-corrected chi connectivity index (χ1v) is 14.4. The number of carbonyl (C=O) groups excluding carboxylic acids is 1. The van der Waals surface area contributed by atoms with E-state index in [9.17, 15) is 15.0 Å². The van der Waals surface area contributed by atoms with Crippen LogP contribution in [0.3, 0.4) is 0 Å². The summed E-state index contributed by atoms with van der Waals surface area (Å²) in [4.78, 5) is 12.9. The van der Waals surface area contributed by atoms with Gasteiger partial charge in [0, 0.05) is 23.2 Å². The van der Waals surface area contributed by atoms with Gasteiger partial charge in [0.15, 0.2) is 5.79 Å². The molecule has 5 heteroatoms. The second kappa shape index (κ2) is 6.21. The summed E-state index contributed by atoms with van der Waals surface area (Å²) in [6.07, 6.45) is 7.03. The molecule has 2 N–H and O–H groups in total. The highest BCUT2D eigenvalue weighted by atomic mass is 16.8. The van der Waals surface area contributed by atoms with Crippen LogP contribution in [0.4, 0.5) is 0 Å². The van der Waals surface area contributed by atoms with E-state index in [-0.39, 0.29) is 39.1 Å². The van der Waals surface area contributed by atoms with E-state index in [0.717, 1.165) is 38.5 Å². The van der Waals surface area contributed by atoms with E-state index in [1.807, 2.05) is 13.8 Å². The van der Waals surface area contributed by atoms with Crippen molar-refractivity contribution < 1.29 is 24.5 Å². The third kappa shape index (κ3) is 2.25. The molecule has 0 unspecified atom stereocenters. The van der Waals surface area contributed by atoms with E-state index in [0.29, 0.717) is 23.5 Å². The number of carbonyl (C=O) groups is 1. The van der Waals surface area contributed by atoms with Gasteiger partial charge in [-0.2, -0.15) is 0 Å². The first-order chi connectivity index (χ1) is 16.1. The minimum absolute atomic E-state index is 0.0855. The fraction of sp³-hybridized carbons (Fsp3) is 0.967. The molecule has 7 fully saturated rings. The van der Waals surface area contributed by atoms with Gasteiger partial charge in [-0.15, -0.1) is 0 Å². The number of aliphatic hydroxyl groups excluding tert-OH is 1. The van der Waals surface area contributed by atoms with Crippen LogP contribution >= 0.6 is 0 Å². The van der Waals surface area contributed by atoms with Crippen molar-refractivity contribution in [3.05, 3.63) is 0 Å². The lowest BCUT2D eigenvalue weighted by molar-refractivity contribution is -0.282. The molecular formula is C30H46O5. The van der Waals surface area contributed by atoms with Crippen molar-refractivity contribution >= 4 is 5.78 Å². The molecule has 2 saturated heterocycles. The van der Waals surface area contributed by atoms with Gasteiger partial charge in [0.25, 0.3) is 0 Å². The average Bonchev–Trinajstić information content (AvgIpc) is 3.28. The number of ether oxygens (including phenoxy) is 2. The zero-order valence-corrected chi connectivity index (χ0v) is 22.8. The zero-order chi connectivity index (χ0) is 25.2. The number of hydrogen-bond donors (Lipinski definition) is 2. The quantitative estimate of drug-likeness (QED) is 0.553. The molecule has 5 saturated carbocycles.